The van der Waals surface area contributed by atoms with Gasteiger partial charge in [-0.05, 0) is 11.1 Å². The summed E-state index contributed by atoms with van der Waals surface area (Å²) in [7, 11) is 0. The maximum atomic E-state index is 15.5. The number of alkyl halides is 6. The van der Waals surface area contributed by atoms with Gasteiger partial charge in [0.05, 0.1) is 0 Å². The van der Waals surface area contributed by atoms with Gasteiger partial charge >= 0.3 is 24.0 Å². The predicted octanol–water partition coefficient (Wildman–Crippen LogP) is 8.07. The molecule has 0 aromatic heterocycles. The minimum Gasteiger partial charge on any atom is -0.227 e. The van der Waals surface area contributed by atoms with Crippen molar-refractivity contribution in [2.24, 2.45) is 0 Å². The van der Waals surface area contributed by atoms with Gasteiger partial charge in [0.1, 0.15) is 0 Å². The van der Waals surface area contributed by atoms with E-state index in [1.54, 1.807) is 0 Å². The molecule has 0 heterocycles. The lowest BCUT2D eigenvalue weighted by Crippen LogP contribution is -2.82. The van der Waals surface area contributed by atoms with Crippen LogP contribution in [0.3, 0.4) is 0 Å². The van der Waals surface area contributed by atoms with Gasteiger partial charge in [-0.1, -0.05) is 48.5 Å². The van der Waals surface area contributed by atoms with Crippen LogP contribution in [0.2, 0.25) is 0 Å². The van der Waals surface area contributed by atoms with Gasteiger partial charge in [0.25, 0.3) is 0 Å². The molecule has 0 nitrogen and oxygen atoms in total. The molecule has 2 atom stereocenters. The summed E-state index contributed by atoms with van der Waals surface area (Å²) in [5.41, 5.74) is -14.3. The van der Waals surface area contributed by atoms with Crippen LogP contribution < -0.4 is 0 Å². The monoisotopic (exact) mass is 476 g/mol. The molecule has 0 radical (unpaired) electrons. The Bertz CT molecular complexity index is 1000. The third-order valence-electron chi connectivity index (χ3n) is 5.14. The molecule has 0 N–H and O–H groups in total. The maximum absolute atomic E-state index is 15.5. The molecule has 0 aliphatic heterocycles. The standard InChI is InChI=1S/C20H8F12/c21-13(15(23)24)9-1-5-11(6-2-9)17(27)18(28,20(31,32)19(17,29)30)12-7-3-10(4-8-12)14(22)16(25)26/h1-8H/t17-,18-/m1/s1. The molecule has 0 saturated heterocycles. The molecule has 1 saturated carbocycles. The minimum atomic E-state index is -5.66. The zero-order valence-corrected chi connectivity index (χ0v) is 15.2. The van der Waals surface area contributed by atoms with Crippen LogP contribution in [0.5, 0.6) is 0 Å². The molecule has 0 amide bonds. The first-order chi connectivity index (χ1) is 14.6. The molecule has 2 aromatic carbocycles. The Labute approximate surface area is 171 Å². The van der Waals surface area contributed by atoms with E-state index in [2.05, 4.69) is 0 Å². The van der Waals surface area contributed by atoms with Crippen molar-refractivity contribution in [2.75, 3.05) is 0 Å². The zero-order valence-electron chi connectivity index (χ0n) is 15.2. The average molecular weight is 476 g/mol. The Morgan fingerprint density at radius 2 is 0.688 bits per heavy atom. The summed E-state index contributed by atoms with van der Waals surface area (Å²) >= 11 is 0. The maximum Gasteiger partial charge on any atom is 0.355 e. The number of hydrogen-bond acceptors (Lipinski definition) is 0. The van der Waals surface area contributed by atoms with Gasteiger partial charge in [0, 0.05) is 11.1 Å². The molecule has 1 aliphatic carbocycles. The van der Waals surface area contributed by atoms with Gasteiger partial charge in [-0.3, -0.25) is 0 Å². The highest BCUT2D eigenvalue weighted by atomic mass is 19.3. The number of halogens is 12. The number of rotatable bonds is 4. The average Bonchev–Trinajstić information content (AvgIpc) is 2.76. The van der Waals surface area contributed by atoms with Crippen LogP contribution in [-0.2, 0) is 11.3 Å². The molecule has 1 aliphatic rings. The van der Waals surface area contributed by atoms with Gasteiger partial charge in [-0.2, -0.15) is 35.1 Å². The van der Waals surface area contributed by atoms with Crippen molar-refractivity contribution in [3.63, 3.8) is 0 Å². The van der Waals surface area contributed by atoms with Gasteiger partial charge < -0.3 is 0 Å². The van der Waals surface area contributed by atoms with Gasteiger partial charge in [-0.25, -0.2) is 17.6 Å². The Kier molecular flexibility index (Phi) is 5.42. The summed E-state index contributed by atoms with van der Waals surface area (Å²) < 4.78 is 163. The van der Waals surface area contributed by atoms with Gasteiger partial charge in [0.15, 0.2) is 11.7 Å². The van der Waals surface area contributed by atoms with E-state index in [4.69, 9.17) is 0 Å². The third kappa shape index (κ3) is 2.80. The van der Waals surface area contributed by atoms with Crippen LogP contribution >= 0.6 is 0 Å². The molecule has 0 spiro atoms. The first-order valence-electron chi connectivity index (χ1n) is 8.41. The molecule has 0 bridgehead atoms. The lowest BCUT2D eigenvalue weighted by molar-refractivity contribution is -0.451. The third-order valence-corrected chi connectivity index (χ3v) is 5.14. The van der Waals surface area contributed by atoms with E-state index < -0.39 is 69.3 Å². The summed E-state index contributed by atoms with van der Waals surface area (Å²) in [6.07, 6.45) is -5.61. The van der Waals surface area contributed by atoms with Crippen LogP contribution in [-0.4, -0.2) is 11.8 Å². The van der Waals surface area contributed by atoms with E-state index in [0.717, 1.165) is 0 Å². The molecule has 1 fully saturated rings. The largest absolute Gasteiger partial charge is 0.355 e. The molecule has 2 aromatic rings. The van der Waals surface area contributed by atoms with Gasteiger partial charge in [-0.15, -0.1) is 0 Å². The summed E-state index contributed by atoms with van der Waals surface area (Å²) in [6, 6.07) is 2.32. The second kappa shape index (κ2) is 7.31. The van der Waals surface area contributed by atoms with Crippen molar-refractivity contribution >= 4 is 11.7 Å². The van der Waals surface area contributed by atoms with Crippen LogP contribution in [0.15, 0.2) is 60.7 Å². The van der Waals surface area contributed by atoms with Crippen LogP contribution in [0.1, 0.15) is 22.3 Å². The summed E-state index contributed by atoms with van der Waals surface area (Å²) in [5, 5.41) is 0. The van der Waals surface area contributed by atoms with E-state index in [0.29, 0.717) is 24.3 Å². The summed E-state index contributed by atoms with van der Waals surface area (Å²) in [5.74, 6) is -15.5. The van der Waals surface area contributed by atoms with E-state index >= 15 is 8.78 Å². The van der Waals surface area contributed by atoms with Crippen molar-refractivity contribution in [3.8, 4) is 0 Å². The summed E-state index contributed by atoms with van der Waals surface area (Å²) in [4.78, 5) is 0. The lowest BCUT2D eigenvalue weighted by Gasteiger charge is -2.58. The smallest absolute Gasteiger partial charge is 0.227 e. The quantitative estimate of drug-likeness (QED) is 0.392. The molecule has 32 heavy (non-hydrogen) atoms. The van der Waals surface area contributed by atoms with Crippen molar-refractivity contribution in [1.29, 1.82) is 0 Å². The second-order valence-electron chi connectivity index (χ2n) is 6.77. The van der Waals surface area contributed by atoms with E-state index in [1.165, 1.54) is 0 Å². The number of benzene rings is 2. The molecule has 172 valence electrons. The van der Waals surface area contributed by atoms with Crippen molar-refractivity contribution in [2.45, 2.75) is 23.2 Å². The normalized spacial score (nSPS) is 25.6. The second-order valence-corrected chi connectivity index (χ2v) is 6.77. The fourth-order valence-corrected chi connectivity index (χ4v) is 3.47. The van der Waals surface area contributed by atoms with Crippen LogP contribution in [0, 0.1) is 0 Å². The van der Waals surface area contributed by atoms with E-state index in [-0.39, 0.29) is 24.3 Å². The fourth-order valence-electron chi connectivity index (χ4n) is 3.47. The van der Waals surface area contributed by atoms with Crippen LogP contribution in [0.25, 0.3) is 11.7 Å². The van der Waals surface area contributed by atoms with E-state index in [9.17, 15) is 43.9 Å². The van der Waals surface area contributed by atoms with Crippen molar-refractivity contribution < 1.29 is 52.7 Å². The Morgan fingerprint density at radius 3 is 0.906 bits per heavy atom. The molecule has 12 heteroatoms. The predicted molar refractivity (Wildman–Crippen MR) is 88.8 cm³/mol. The Hall–Kier alpha value is -2.92. The first kappa shape index (κ1) is 23.7. The Balaban J connectivity index is 2.16. The topological polar surface area (TPSA) is 0 Å². The van der Waals surface area contributed by atoms with Crippen molar-refractivity contribution in [1.82, 2.24) is 0 Å². The highest BCUT2D eigenvalue weighted by Gasteiger charge is 2.98. The van der Waals surface area contributed by atoms with E-state index in [1.807, 2.05) is 0 Å². The highest BCUT2D eigenvalue weighted by molar-refractivity contribution is 5.62. The lowest BCUT2D eigenvalue weighted by atomic mass is 9.55. The Morgan fingerprint density at radius 1 is 0.438 bits per heavy atom. The molecular formula is C20H8F12. The SMILES string of the molecule is FC(F)=C(F)c1ccc([C@]2(F)C(F)(F)C(F)(F)[C@@]2(F)c2ccc(C(F)=C(F)F)cc2)cc1. The highest BCUT2D eigenvalue weighted by Crippen LogP contribution is 2.76. The molecule has 3 rings (SSSR count). The van der Waals surface area contributed by atoms with Crippen molar-refractivity contribution in [3.05, 3.63) is 82.9 Å². The summed E-state index contributed by atoms with van der Waals surface area (Å²) in [6.45, 7) is 0. The fraction of sp³-hybridized carbons (Fsp3) is 0.200. The number of hydrogen-bond donors (Lipinski definition) is 0. The minimum absolute atomic E-state index is 0.227. The van der Waals surface area contributed by atoms with Gasteiger partial charge in [0.2, 0.25) is 11.3 Å². The first-order valence-corrected chi connectivity index (χ1v) is 8.41. The molecular weight excluding hydrogens is 468 g/mol. The molecule has 0 unspecified atom stereocenters. The zero-order chi connectivity index (χ0) is 24.3. The van der Waals surface area contributed by atoms with Crippen LogP contribution in [0.4, 0.5) is 52.7 Å².